The third-order valence-corrected chi connectivity index (χ3v) is 4.64. The van der Waals surface area contributed by atoms with E-state index in [0.29, 0.717) is 5.41 Å². The molecule has 0 atom stereocenters. The maximum Gasteiger partial charge on any atom is 0.193 e. The van der Waals surface area contributed by atoms with Crippen molar-refractivity contribution in [2.75, 3.05) is 26.2 Å². The van der Waals surface area contributed by atoms with Crippen LogP contribution in [0.4, 0.5) is 0 Å². The van der Waals surface area contributed by atoms with Gasteiger partial charge >= 0.3 is 0 Å². The molecule has 2 fully saturated rings. The summed E-state index contributed by atoms with van der Waals surface area (Å²) >= 11 is 0. The van der Waals surface area contributed by atoms with Gasteiger partial charge in [-0.25, -0.2) is 0 Å². The molecule has 1 spiro atoms. The van der Waals surface area contributed by atoms with Crippen LogP contribution in [0.15, 0.2) is 23.5 Å². The molecule has 1 saturated carbocycles. The smallest absolute Gasteiger partial charge is 0.193 e. The first-order chi connectivity index (χ1) is 9.81. The first kappa shape index (κ1) is 13.5. The van der Waals surface area contributed by atoms with Gasteiger partial charge in [-0.05, 0) is 37.7 Å². The number of hydrogen-bond donors (Lipinski definition) is 1. The largest absolute Gasteiger partial charge is 0.357 e. The second kappa shape index (κ2) is 5.85. The van der Waals surface area contributed by atoms with Crippen molar-refractivity contribution in [1.29, 1.82) is 0 Å². The van der Waals surface area contributed by atoms with E-state index in [9.17, 15) is 0 Å². The molecular formula is C15H25N5. The van der Waals surface area contributed by atoms with Gasteiger partial charge in [0.1, 0.15) is 0 Å². The van der Waals surface area contributed by atoms with Crippen molar-refractivity contribution < 1.29 is 0 Å². The van der Waals surface area contributed by atoms with Crippen molar-refractivity contribution in [3.63, 3.8) is 0 Å². The minimum atomic E-state index is 0.623. The highest BCUT2D eigenvalue weighted by Crippen LogP contribution is 2.47. The van der Waals surface area contributed by atoms with Crippen molar-refractivity contribution >= 4 is 5.96 Å². The number of likely N-dealkylation sites (tertiary alicyclic amines) is 1. The zero-order valence-electron chi connectivity index (χ0n) is 12.4. The van der Waals surface area contributed by atoms with Gasteiger partial charge in [-0.1, -0.05) is 6.42 Å². The van der Waals surface area contributed by atoms with Crippen LogP contribution < -0.4 is 5.32 Å². The van der Waals surface area contributed by atoms with Gasteiger partial charge in [-0.3, -0.25) is 9.67 Å². The average molecular weight is 275 g/mol. The van der Waals surface area contributed by atoms with Gasteiger partial charge in [0.05, 0.1) is 13.1 Å². The number of aromatic nitrogens is 2. The number of nitrogens with one attached hydrogen (secondary N) is 1. The molecule has 1 aromatic heterocycles. The van der Waals surface area contributed by atoms with Crippen LogP contribution in [0.25, 0.3) is 0 Å². The Morgan fingerprint density at radius 3 is 2.90 bits per heavy atom. The van der Waals surface area contributed by atoms with E-state index in [1.54, 1.807) is 0 Å². The van der Waals surface area contributed by atoms with Crippen molar-refractivity contribution in [1.82, 2.24) is 20.0 Å². The topological polar surface area (TPSA) is 45.5 Å². The third-order valence-electron chi connectivity index (χ3n) is 4.64. The summed E-state index contributed by atoms with van der Waals surface area (Å²) in [5.41, 5.74) is 0.623. The molecule has 2 heterocycles. The normalized spacial score (nSPS) is 21.2. The lowest BCUT2D eigenvalue weighted by Gasteiger charge is -2.38. The van der Waals surface area contributed by atoms with E-state index in [1.165, 1.54) is 32.2 Å². The second-order valence-corrected chi connectivity index (χ2v) is 6.03. The Hall–Kier alpha value is -1.52. The quantitative estimate of drug-likeness (QED) is 0.672. The van der Waals surface area contributed by atoms with Crippen molar-refractivity contribution in [2.24, 2.45) is 10.4 Å². The number of hydrogen-bond acceptors (Lipinski definition) is 2. The fourth-order valence-corrected chi connectivity index (χ4v) is 3.32. The number of nitrogens with zero attached hydrogens (tertiary/aromatic N) is 4. The van der Waals surface area contributed by atoms with Crippen LogP contribution >= 0.6 is 0 Å². The van der Waals surface area contributed by atoms with Crippen molar-refractivity contribution in [2.45, 2.75) is 39.2 Å². The van der Waals surface area contributed by atoms with Gasteiger partial charge in [0.2, 0.25) is 0 Å². The van der Waals surface area contributed by atoms with Crippen molar-refractivity contribution in [3.8, 4) is 0 Å². The molecule has 20 heavy (non-hydrogen) atoms. The summed E-state index contributed by atoms with van der Waals surface area (Å²) in [5.74, 6) is 1.09. The Labute approximate surface area is 121 Å². The molecule has 3 rings (SSSR count). The number of aliphatic imine (C=N–C) groups is 1. The summed E-state index contributed by atoms with van der Waals surface area (Å²) in [7, 11) is 0. The summed E-state index contributed by atoms with van der Waals surface area (Å²) in [4.78, 5) is 7.22. The summed E-state index contributed by atoms with van der Waals surface area (Å²) in [6.45, 7) is 7.06. The molecule has 1 N–H and O–H groups in total. The Kier molecular flexibility index (Phi) is 3.94. The molecule has 5 heteroatoms. The monoisotopic (exact) mass is 275 g/mol. The summed E-state index contributed by atoms with van der Waals surface area (Å²) in [5, 5.41) is 7.65. The van der Waals surface area contributed by atoms with E-state index in [-0.39, 0.29) is 0 Å². The zero-order valence-corrected chi connectivity index (χ0v) is 12.4. The minimum absolute atomic E-state index is 0.623. The van der Waals surface area contributed by atoms with Gasteiger partial charge in [-0.15, -0.1) is 0 Å². The Morgan fingerprint density at radius 2 is 2.30 bits per heavy atom. The fourth-order valence-electron chi connectivity index (χ4n) is 3.32. The molecule has 5 nitrogen and oxygen atoms in total. The Morgan fingerprint density at radius 1 is 1.40 bits per heavy atom. The van der Waals surface area contributed by atoms with Gasteiger partial charge < -0.3 is 10.2 Å². The summed E-state index contributed by atoms with van der Waals surface area (Å²) in [6.07, 6.45) is 9.39. The summed E-state index contributed by atoms with van der Waals surface area (Å²) in [6, 6.07) is 1.95. The van der Waals surface area contributed by atoms with Crippen LogP contribution in [-0.2, 0) is 6.54 Å². The maximum absolute atomic E-state index is 4.76. The highest BCUT2D eigenvalue weighted by molar-refractivity contribution is 5.80. The molecule has 1 saturated heterocycles. The minimum Gasteiger partial charge on any atom is -0.357 e. The molecule has 1 aromatic rings. The SMILES string of the molecule is CCNC(=NCCn1cccn1)N1CCC2(CCC2)C1. The van der Waals surface area contributed by atoms with Gasteiger partial charge in [0.25, 0.3) is 0 Å². The van der Waals surface area contributed by atoms with E-state index in [2.05, 4.69) is 22.2 Å². The molecule has 0 amide bonds. The molecular weight excluding hydrogens is 250 g/mol. The van der Waals surface area contributed by atoms with E-state index in [0.717, 1.165) is 32.1 Å². The number of guanidine groups is 1. The van der Waals surface area contributed by atoms with Gasteiger partial charge in [-0.2, -0.15) is 5.10 Å². The van der Waals surface area contributed by atoms with Crippen LogP contribution in [0.5, 0.6) is 0 Å². The molecule has 0 unspecified atom stereocenters. The average Bonchev–Trinajstić information content (AvgIpc) is 3.06. The van der Waals surface area contributed by atoms with E-state index in [4.69, 9.17) is 4.99 Å². The van der Waals surface area contributed by atoms with Crippen molar-refractivity contribution in [3.05, 3.63) is 18.5 Å². The third kappa shape index (κ3) is 2.81. The molecule has 1 aliphatic carbocycles. The standard InChI is InChI=1S/C15H25N5/c1-2-16-14(17-9-12-20-10-4-8-18-20)19-11-7-15(13-19)5-3-6-15/h4,8,10H,2-3,5-7,9,11-13H2,1H3,(H,16,17). The zero-order chi connectivity index (χ0) is 13.8. The lowest BCUT2D eigenvalue weighted by Crippen LogP contribution is -2.42. The summed E-state index contributed by atoms with van der Waals surface area (Å²) < 4.78 is 1.93. The molecule has 1 aliphatic heterocycles. The second-order valence-electron chi connectivity index (χ2n) is 6.03. The van der Waals surface area contributed by atoms with Crippen LogP contribution in [0.3, 0.4) is 0 Å². The van der Waals surface area contributed by atoms with Crippen LogP contribution in [-0.4, -0.2) is 46.8 Å². The first-order valence-corrected chi connectivity index (χ1v) is 7.82. The molecule has 0 aromatic carbocycles. The molecule has 0 bridgehead atoms. The predicted molar refractivity (Wildman–Crippen MR) is 80.7 cm³/mol. The Bertz CT molecular complexity index is 447. The highest BCUT2D eigenvalue weighted by atomic mass is 15.3. The molecule has 110 valence electrons. The lowest BCUT2D eigenvalue weighted by atomic mass is 9.68. The molecule has 0 radical (unpaired) electrons. The first-order valence-electron chi connectivity index (χ1n) is 7.82. The van der Waals surface area contributed by atoms with E-state index < -0.39 is 0 Å². The van der Waals surface area contributed by atoms with Crippen LogP contribution in [0, 0.1) is 5.41 Å². The van der Waals surface area contributed by atoms with Gasteiger partial charge in [0, 0.05) is 32.0 Å². The predicted octanol–water partition coefficient (Wildman–Crippen LogP) is 1.72. The maximum atomic E-state index is 4.76. The van der Waals surface area contributed by atoms with Crippen LogP contribution in [0.2, 0.25) is 0 Å². The Balaban J connectivity index is 1.57. The van der Waals surface area contributed by atoms with E-state index >= 15 is 0 Å². The fraction of sp³-hybridized carbons (Fsp3) is 0.733. The van der Waals surface area contributed by atoms with Crippen LogP contribution in [0.1, 0.15) is 32.6 Å². The van der Waals surface area contributed by atoms with Gasteiger partial charge in [0.15, 0.2) is 5.96 Å². The molecule has 2 aliphatic rings. The lowest BCUT2D eigenvalue weighted by molar-refractivity contribution is 0.151. The highest BCUT2D eigenvalue weighted by Gasteiger charge is 2.43. The number of rotatable bonds is 4. The van der Waals surface area contributed by atoms with E-state index in [1.807, 2.05) is 23.1 Å².